The van der Waals surface area contributed by atoms with E-state index in [1.165, 1.54) is 16.9 Å². The smallest absolute Gasteiger partial charge is 0.286 e. The van der Waals surface area contributed by atoms with Crippen LogP contribution in [0.15, 0.2) is 24.3 Å². The van der Waals surface area contributed by atoms with Crippen molar-refractivity contribution in [2.24, 2.45) is 0 Å². The number of thiazole rings is 1. The quantitative estimate of drug-likeness (QED) is 0.543. The Balaban J connectivity index is 1.42. The molecule has 9 heteroatoms. The molecule has 3 N–H and O–H groups in total. The fourth-order valence-corrected chi connectivity index (χ4v) is 4.45. The molecule has 0 atom stereocenters. The average molecular weight is 442 g/mol. The van der Waals surface area contributed by atoms with Crippen LogP contribution in [0.3, 0.4) is 0 Å². The summed E-state index contributed by atoms with van der Waals surface area (Å²) in [6, 6.07) is 7.89. The highest BCUT2D eigenvalue weighted by Gasteiger charge is 2.21. The van der Waals surface area contributed by atoms with Crippen LogP contribution in [0.4, 0.5) is 5.13 Å². The molecular formula is C22H27N5O3S. The Morgan fingerprint density at radius 3 is 2.55 bits per heavy atom. The van der Waals surface area contributed by atoms with E-state index in [1.54, 1.807) is 13.0 Å². The molecule has 31 heavy (non-hydrogen) atoms. The maximum absolute atomic E-state index is 12.6. The lowest BCUT2D eigenvalue weighted by atomic mass is 9.87. The first-order valence-corrected chi connectivity index (χ1v) is 11.1. The van der Waals surface area contributed by atoms with Gasteiger partial charge in [-0.25, -0.2) is 4.98 Å². The van der Waals surface area contributed by atoms with Crippen LogP contribution in [-0.4, -0.2) is 48.1 Å². The van der Waals surface area contributed by atoms with Crippen LogP contribution < -0.4 is 15.8 Å². The van der Waals surface area contributed by atoms with E-state index in [2.05, 4.69) is 58.6 Å². The fourth-order valence-electron chi connectivity index (χ4n) is 3.44. The van der Waals surface area contributed by atoms with Crippen LogP contribution in [0.25, 0.3) is 10.9 Å². The molecule has 0 unspecified atom stereocenters. The van der Waals surface area contributed by atoms with Crippen LogP contribution in [-0.2, 0) is 10.2 Å². The maximum atomic E-state index is 12.6. The highest BCUT2D eigenvalue weighted by atomic mass is 32.1. The van der Waals surface area contributed by atoms with E-state index >= 15 is 0 Å². The van der Waals surface area contributed by atoms with Gasteiger partial charge in [0.25, 0.3) is 11.8 Å². The van der Waals surface area contributed by atoms with E-state index in [4.69, 9.17) is 4.74 Å². The van der Waals surface area contributed by atoms with Gasteiger partial charge in [-0.15, -0.1) is 0 Å². The lowest BCUT2D eigenvalue weighted by Gasteiger charge is -2.25. The highest BCUT2D eigenvalue weighted by Crippen LogP contribution is 2.27. The number of nitrogens with one attached hydrogen (secondary N) is 3. The topological polar surface area (TPSA) is 99.3 Å². The number of nitrogens with zero attached hydrogens (tertiary/aromatic N) is 2. The average Bonchev–Trinajstić information content (AvgIpc) is 3.35. The van der Waals surface area contributed by atoms with Crippen LogP contribution >= 0.6 is 11.3 Å². The van der Waals surface area contributed by atoms with Crippen molar-refractivity contribution >= 4 is 39.2 Å². The second-order valence-electron chi connectivity index (χ2n) is 8.65. The van der Waals surface area contributed by atoms with Crippen LogP contribution in [0.2, 0.25) is 0 Å². The number of rotatable bonds is 3. The maximum Gasteiger partial charge on any atom is 0.286 e. The number of H-pyrrole nitrogens is 1. The number of amides is 2. The normalized spacial score (nSPS) is 14.6. The van der Waals surface area contributed by atoms with Gasteiger partial charge in [0.05, 0.1) is 18.9 Å². The number of aromatic nitrogens is 2. The zero-order valence-electron chi connectivity index (χ0n) is 18.2. The first-order valence-electron chi connectivity index (χ1n) is 10.3. The lowest BCUT2D eigenvalue weighted by Crippen LogP contribution is -2.41. The first kappa shape index (κ1) is 21.3. The highest BCUT2D eigenvalue weighted by molar-refractivity contribution is 7.17. The Morgan fingerprint density at radius 2 is 1.84 bits per heavy atom. The van der Waals surface area contributed by atoms with E-state index < -0.39 is 5.91 Å². The summed E-state index contributed by atoms with van der Waals surface area (Å²) in [4.78, 5) is 35.4. The summed E-state index contributed by atoms with van der Waals surface area (Å²) >= 11 is 1.32. The van der Waals surface area contributed by atoms with Gasteiger partial charge >= 0.3 is 0 Å². The predicted octanol–water partition coefficient (Wildman–Crippen LogP) is 3.14. The zero-order valence-corrected chi connectivity index (χ0v) is 19.0. The molecule has 1 aliphatic heterocycles. The van der Waals surface area contributed by atoms with Crippen molar-refractivity contribution < 1.29 is 14.3 Å². The molecule has 2 amide bonds. The van der Waals surface area contributed by atoms with Gasteiger partial charge in [0.15, 0.2) is 5.13 Å². The van der Waals surface area contributed by atoms with Crippen molar-refractivity contribution in [3.05, 3.63) is 46.1 Å². The van der Waals surface area contributed by atoms with E-state index in [-0.39, 0.29) is 11.3 Å². The second-order valence-corrected chi connectivity index (χ2v) is 9.63. The SMILES string of the molecule is Cc1nc(N2CCOCC2)sc1C(=O)NNC(=O)c1cc2ccc(C(C)(C)C)cc2[nH]1. The van der Waals surface area contributed by atoms with E-state index in [9.17, 15) is 9.59 Å². The number of morpholine rings is 1. The zero-order chi connectivity index (χ0) is 22.2. The summed E-state index contributed by atoms with van der Waals surface area (Å²) < 4.78 is 5.36. The Hall–Kier alpha value is -2.91. The fraction of sp³-hybridized carbons (Fsp3) is 0.409. The standard InChI is InChI=1S/C22H27N5O3S/c1-13-18(31-21(23-13)27-7-9-30-10-8-27)20(29)26-25-19(28)17-11-14-5-6-15(22(2,3)4)12-16(14)24-17/h5-6,11-12,24H,7-10H2,1-4H3,(H,25,28)(H,26,29). The Labute approximate surface area is 185 Å². The van der Waals surface area contributed by atoms with E-state index in [0.717, 1.165) is 29.1 Å². The number of fused-ring (bicyclic) bond motifs is 1. The Bertz CT molecular complexity index is 1120. The molecule has 1 saturated heterocycles. The molecule has 1 fully saturated rings. The van der Waals surface area contributed by atoms with Crippen molar-refractivity contribution in [3.8, 4) is 0 Å². The number of carbonyl (C=O) groups excluding carboxylic acids is 2. The summed E-state index contributed by atoms with van der Waals surface area (Å²) in [5, 5.41) is 1.74. The number of aryl methyl sites for hydroxylation is 1. The summed E-state index contributed by atoms with van der Waals surface area (Å²) in [5.74, 6) is -0.786. The van der Waals surface area contributed by atoms with Gasteiger partial charge in [-0.3, -0.25) is 20.4 Å². The van der Waals surface area contributed by atoms with Crippen molar-refractivity contribution in [3.63, 3.8) is 0 Å². The molecule has 164 valence electrons. The van der Waals surface area contributed by atoms with Gasteiger partial charge in [0.2, 0.25) is 0 Å². The molecule has 0 spiro atoms. The van der Waals surface area contributed by atoms with Gasteiger partial charge < -0.3 is 14.6 Å². The minimum absolute atomic E-state index is 0.0162. The first-order chi connectivity index (χ1) is 14.7. The van der Waals surface area contributed by atoms with E-state index in [1.807, 2.05) is 6.07 Å². The Kier molecular flexibility index (Phi) is 5.72. The monoisotopic (exact) mass is 441 g/mol. The molecule has 1 aliphatic rings. The molecular weight excluding hydrogens is 414 g/mol. The van der Waals surface area contributed by atoms with Gasteiger partial charge in [0.1, 0.15) is 10.6 Å². The minimum Gasteiger partial charge on any atom is -0.378 e. The number of ether oxygens (including phenoxy) is 1. The second kappa shape index (κ2) is 8.32. The molecule has 0 bridgehead atoms. The lowest BCUT2D eigenvalue weighted by molar-refractivity contribution is 0.0846. The van der Waals surface area contributed by atoms with Crippen molar-refractivity contribution in [2.75, 3.05) is 31.2 Å². The number of hydrazine groups is 1. The number of hydrogen-bond acceptors (Lipinski definition) is 6. The molecule has 8 nitrogen and oxygen atoms in total. The molecule has 0 aliphatic carbocycles. The molecule has 0 saturated carbocycles. The van der Waals surface area contributed by atoms with Crippen molar-refractivity contribution in [2.45, 2.75) is 33.1 Å². The summed E-state index contributed by atoms with van der Waals surface area (Å²) in [6.45, 7) is 11.0. The molecule has 2 aromatic heterocycles. The molecule has 4 rings (SSSR count). The van der Waals surface area contributed by atoms with Crippen LogP contribution in [0.5, 0.6) is 0 Å². The van der Waals surface area contributed by atoms with Crippen molar-refractivity contribution in [1.82, 2.24) is 20.8 Å². The number of aromatic amines is 1. The van der Waals surface area contributed by atoms with Gasteiger partial charge in [-0.1, -0.05) is 44.2 Å². The Morgan fingerprint density at radius 1 is 1.13 bits per heavy atom. The van der Waals surface area contributed by atoms with E-state index in [0.29, 0.717) is 29.5 Å². The summed E-state index contributed by atoms with van der Waals surface area (Å²) in [5.41, 5.74) is 8.10. The molecule has 1 aromatic carbocycles. The summed E-state index contributed by atoms with van der Waals surface area (Å²) in [6.07, 6.45) is 0. The third kappa shape index (κ3) is 4.57. The molecule has 3 aromatic rings. The van der Waals surface area contributed by atoms with Gasteiger partial charge in [-0.05, 0) is 30.0 Å². The largest absolute Gasteiger partial charge is 0.378 e. The van der Waals surface area contributed by atoms with Crippen molar-refractivity contribution in [1.29, 1.82) is 0 Å². The number of carbonyl (C=O) groups is 2. The number of hydrogen-bond donors (Lipinski definition) is 3. The van der Waals surface area contributed by atoms with Crippen LogP contribution in [0, 0.1) is 6.92 Å². The van der Waals surface area contributed by atoms with Gasteiger partial charge in [-0.2, -0.15) is 0 Å². The number of anilines is 1. The van der Waals surface area contributed by atoms with Crippen LogP contribution in [0.1, 0.15) is 52.2 Å². The predicted molar refractivity (Wildman–Crippen MR) is 122 cm³/mol. The molecule has 0 radical (unpaired) electrons. The third-order valence-electron chi connectivity index (χ3n) is 5.30. The summed E-state index contributed by atoms with van der Waals surface area (Å²) in [7, 11) is 0. The number of benzene rings is 1. The van der Waals surface area contributed by atoms with Gasteiger partial charge in [0, 0.05) is 24.0 Å². The minimum atomic E-state index is -0.405. The molecule has 3 heterocycles. The third-order valence-corrected chi connectivity index (χ3v) is 6.51.